The second-order valence-electron chi connectivity index (χ2n) is 7.06. The molecule has 0 aliphatic carbocycles. The smallest absolute Gasteiger partial charge is 0.220 e. The highest BCUT2D eigenvalue weighted by Gasteiger charge is 2.20. The number of hydrogen-bond donors (Lipinski definition) is 1. The third-order valence-corrected chi connectivity index (χ3v) is 5.09. The Kier molecular flexibility index (Phi) is 6.82. The molecule has 27 heavy (non-hydrogen) atoms. The number of ether oxygens (including phenoxy) is 1. The molecule has 0 saturated carbocycles. The second-order valence-corrected chi connectivity index (χ2v) is 7.06. The predicted octanol–water partition coefficient (Wildman–Crippen LogP) is 3.55. The van der Waals surface area contributed by atoms with Gasteiger partial charge in [0.05, 0.1) is 7.11 Å². The summed E-state index contributed by atoms with van der Waals surface area (Å²) in [7, 11) is 1.65. The highest BCUT2D eigenvalue weighted by atomic mass is 19.1. The summed E-state index contributed by atoms with van der Waals surface area (Å²) in [5.74, 6) is 0.727. The van der Waals surface area contributed by atoms with E-state index < -0.39 is 0 Å². The van der Waals surface area contributed by atoms with Crippen molar-refractivity contribution in [1.82, 2.24) is 10.2 Å². The molecule has 1 aliphatic rings. The quantitative estimate of drug-likeness (QED) is 0.810. The van der Waals surface area contributed by atoms with Crippen molar-refractivity contribution in [3.8, 4) is 5.75 Å². The highest BCUT2D eigenvalue weighted by Crippen LogP contribution is 2.19. The average Bonchev–Trinajstić information content (AvgIpc) is 2.70. The molecule has 1 aliphatic heterocycles. The summed E-state index contributed by atoms with van der Waals surface area (Å²) in [4.78, 5) is 14.6. The normalized spacial score (nSPS) is 15.5. The third-order valence-electron chi connectivity index (χ3n) is 5.09. The van der Waals surface area contributed by atoms with E-state index in [-0.39, 0.29) is 17.8 Å². The van der Waals surface area contributed by atoms with Gasteiger partial charge in [-0.3, -0.25) is 9.69 Å². The fraction of sp³-hybridized carbons (Fsp3) is 0.409. The maximum Gasteiger partial charge on any atom is 0.220 e. The van der Waals surface area contributed by atoms with Gasteiger partial charge in [0.1, 0.15) is 11.6 Å². The molecule has 4 nitrogen and oxygen atoms in total. The number of para-hydroxylation sites is 1. The zero-order valence-corrected chi connectivity index (χ0v) is 15.8. The number of nitrogens with zero attached hydrogens (tertiary/aromatic N) is 1. The molecule has 1 heterocycles. The van der Waals surface area contributed by atoms with Gasteiger partial charge in [0.25, 0.3) is 0 Å². The lowest BCUT2D eigenvalue weighted by Gasteiger charge is -2.32. The number of piperidine rings is 1. The van der Waals surface area contributed by atoms with Gasteiger partial charge in [0.2, 0.25) is 5.91 Å². The number of benzene rings is 2. The molecule has 2 aromatic rings. The number of amides is 1. The Morgan fingerprint density at radius 1 is 1.15 bits per heavy atom. The Morgan fingerprint density at radius 2 is 1.85 bits per heavy atom. The minimum Gasteiger partial charge on any atom is -0.496 e. The van der Waals surface area contributed by atoms with Gasteiger partial charge in [0, 0.05) is 32.1 Å². The van der Waals surface area contributed by atoms with E-state index in [0.717, 1.165) is 49.4 Å². The Labute approximate surface area is 160 Å². The minimum atomic E-state index is -0.201. The van der Waals surface area contributed by atoms with Crippen LogP contribution in [-0.4, -0.2) is 37.0 Å². The lowest BCUT2D eigenvalue weighted by Crippen LogP contribution is -2.44. The summed E-state index contributed by atoms with van der Waals surface area (Å²) in [6.45, 7) is 2.71. The van der Waals surface area contributed by atoms with Crippen molar-refractivity contribution < 1.29 is 13.9 Å². The summed E-state index contributed by atoms with van der Waals surface area (Å²) in [5, 5.41) is 3.16. The molecule has 1 saturated heterocycles. The molecule has 144 valence electrons. The SMILES string of the molecule is COc1ccccc1CCC(=O)NC1CCN(Cc2ccc(F)cc2)CC1. The summed E-state index contributed by atoms with van der Waals surface area (Å²) in [6.07, 6.45) is 3.04. The number of carbonyl (C=O) groups excluding carboxylic acids is 1. The monoisotopic (exact) mass is 370 g/mol. The van der Waals surface area contributed by atoms with Crippen molar-refractivity contribution in [2.24, 2.45) is 0 Å². The van der Waals surface area contributed by atoms with Crippen LogP contribution in [0.5, 0.6) is 5.75 Å². The number of halogens is 1. The van der Waals surface area contributed by atoms with Gasteiger partial charge in [-0.1, -0.05) is 30.3 Å². The minimum absolute atomic E-state index is 0.0953. The Hall–Kier alpha value is -2.40. The van der Waals surface area contributed by atoms with Gasteiger partial charge in [-0.15, -0.1) is 0 Å². The summed E-state index contributed by atoms with van der Waals surface area (Å²) < 4.78 is 18.3. The van der Waals surface area contributed by atoms with E-state index in [2.05, 4.69) is 10.2 Å². The molecule has 1 fully saturated rings. The first kappa shape index (κ1) is 19.4. The zero-order valence-electron chi connectivity index (χ0n) is 15.8. The van der Waals surface area contributed by atoms with Gasteiger partial charge in [-0.05, 0) is 48.6 Å². The summed E-state index contributed by atoms with van der Waals surface area (Å²) in [6, 6.07) is 14.7. The Balaban J connectivity index is 1.39. The van der Waals surface area contributed by atoms with E-state index in [9.17, 15) is 9.18 Å². The van der Waals surface area contributed by atoms with Gasteiger partial charge in [0.15, 0.2) is 0 Å². The van der Waals surface area contributed by atoms with Crippen LogP contribution in [0.25, 0.3) is 0 Å². The molecule has 0 unspecified atom stereocenters. The van der Waals surface area contributed by atoms with E-state index in [1.54, 1.807) is 7.11 Å². The molecular weight excluding hydrogens is 343 g/mol. The zero-order chi connectivity index (χ0) is 19.1. The van der Waals surface area contributed by atoms with Crippen molar-refractivity contribution in [2.75, 3.05) is 20.2 Å². The van der Waals surface area contributed by atoms with Crippen molar-refractivity contribution in [3.63, 3.8) is 0 Å². The predicted molar refractivity (Wildman–Crippen MR) is 104 cm³/mol. The first-order valence-electron chi connectivity index (χ1n) is 9.52. The number of methoxy groups -OCH3 is 1. The van der Waals surface area contributed by atoms with E-state index in [4.69, 9.17) is 4.74 Å². The Morgan fingerprint density at radius 3 is 2.56 bits per heavy atom. The van der Waals surface area contributed by atoms with Crippen molar-refractivity contribution in [2.45, 2.75) is 38.3 Å². The second kappa shape index (κ2) is 9.51. The standard InChI is InChI=1S/C22H27FN2O2/c1-27-21-5-3-2-4-18(21)8-11-22(26)24-20-12-14-25(15-13-20)16-17-6-9-19(23)10-7-17/h2-7,9-10,20H,8,11-16H2,1H3,(H,24,26). The molecule has 1 amide bonds. The third kappa shape index (κ3) is 5.79. The molecule has 3 rings (SSSR count). The molecule has 0 atom stereocenters. The van der Waals surface area contributed by atoms with Crippen LogP contribution in [0, 0.1) is 5.82 Å². The fourth-order valence-electron chi connectivity index (χ4n) is 3.54. The number of carbonyl (C=O) groups is 1. The largest absolute Gasteiger partial charge is 0.496 e. The Bertz CT molecular complexity index is 740. The van der Waals surface area contributed by atoms with Crippen molar-refractivity contribution in [1.29, 1.82) is 0 Å². The molecule has 2 aromatic carbocycles. The van der Waals surface area contributed by atoms with E-state index in [0.29, 0.717) is 12.8 Å². The summed E-state index contributed by atoms with van der Waals surface area (Å²) >= 11 is 0. The highest BCUT2D eigenvalue weighted by molar-refractivity contribution is 5.76. The number of aryl methyl sites for hydroxylation is 1. The van der Waals surface area contributed by atoms with E-state index in [1.807, 2.05) is 36.4 Å². The number of nitrogens with one attached hydrogen (secondary N) is 1. The molecular formula is C22H27FN2O2. The molecule has 0 radical (unpaired) electrons. The topological polar surface area (TPSA) is 41.6 Å². The van der Waals surface area contributed by atoms with Crippen molar-refractivity contribution >= 4 is 5.91 Å². The van der Waals surface area contributed by atoms with Gasteiger partial charge in [-0.2, -0.15) is 0 Å². The lowest BCUT2D eigenvalue weighted by molar-refractivity contribution is -0.122. The van der Waals surface area contributed by atoms with Crippen LogP contribution in [0.1, 0.15) is 30.4 Å². The van der Waals surface area contributed by atoms with Crippen LogP contribution in [0.3, 0.4) is 0 Å². The van der Waals surface area contributed by atoms with Crippen LogP contribution in [-0.2, 0) is 17.8 Å². The van der Waals surface area contributed by atoms with Crippen LogP contribution in [0.4, 0.5) is 4.39 Å². The van der Waals surface area contributed by atoms with E-state index >= 15 is 0 Å². The van der Waals surface area contributed by atoms with Crippen LogP contribution in [0.15, 0.2) is 48.5 Å². The number of rotatable bonds is 7. The van der Waals surface area contributed by atoms with Crippen molar-refractivity contribution in [3.05, 3.63) is 65.5 Å². The molecule has 0 bridgehead atoms. The maximum atomic E-state index is 13.0. The van der Waals surface area contributed by atoms with Gasteiger partial charge in [-0.25, -0.2) is 4.39 Å². The van der Waals surface area contributed by atoms with E-state index in [1.165, 1.54) is 12.1 Å². The summed E-state index contributed by atoms with van der Waals surface area (Å²) in [5.41, 5.74) is 2.18. The lowest BCUT2D eigenvalue weighted by atomic mass is 10.0. The number of hydrogen-bond acceptors (Lipinski definition) is 3. The van der Waals surface area contributed by atoms with Gasteiger partial charge >= 0.3 is 0 Å². The average molecular weight is 370 g/mol. The van der Waals surface area contributed by atoms with Crippen LogP contribution < -0.4 is 10.1 Å². The van der Waals surface area contributed by atoms with Crippen LogP contribution >= 0.6 is 0 Å². The molecule has 1 N–H and O–H groups in total. The molecule has 0 spiro atoms. The first-order chi connectivity index (χ1) is 13.1. The molecule has 5 heteroatoms. The van der Waals surface area contributed by atoms with Crippen LogP contribution in [0.2, 0.25) is 0 Å². The first-order valence-corrected chi connectivity index (χ1v) is 9.52. The van der Waals surface area contributed by atoms with Gasteiger partial charge < -0.3 is 10.1 Å². The number of likely N-dealkylation sites (tertiary alicyclic amines) is 1. The fourth-order valence-corrected chi connectivity index (χ4v) is 3.54. The molecule has 0 aromatic heterocycles. The maximum absolute atomic E-state index is 13.0.